The van der Waals surface area contributed by atoms with Crippen molar-refractivity contribution in [1.29, 1.82) is 0 Å². The number of nitrogens with zero attached hydrogens (tertiary/aromatic N) is 2. The monoisotopic (exact) mass is 222 g/mol. The Balaban J connectivity index is 1.89. The largest absolute Gasteiger partial charge is 0.396 e. The molecule has 0 saturated carbocycles. The van der Waals surface area contributed by atoms with Gasteiger partial charge in [0.1, 0.15) is 11.9 Å². The van der Waals surface area contributed by atoms with Crippen LogP contribution in [0.4, 0.5) is 0 Å². The first-order chi connectivity index (χ1) is 7.88. The van der Waals surface area contributed by atoms with Crippen LogP contribution in [0.3, 0.4) is 0 Å². The average Bonchev–Trinajstić information content (AvgIpc) is 2.96. The summed E-state index contributed by atoms with van der Waals surface area (Å²) in [4.78, 5) is 4.66. The summed E-state index contributed by atoms with van der Waals surface area (Å²) < 4.78 is 7.84. The highest BCUT2D eigenvalue weighted by Crippen LogP contribution is 2.32. The number of imidazole rings is 1. The first-order valence-electron chi connectivity index (χ1n) is 6.18. The van der Waals surface area contributed by atoms with Gasteiger partial charge >= 0.3 is 0 Å². The van der Waals surface area contributed by atoms with Gasteiger partial charge in [0, 0.05) is 25.3 Å². The highest BCUT2D eigenvalue weighted by atomic mass is 16.5. The van der Waals surface area contributed by atoms with Crippen molar-refractivity contribution in [3.05, 3.63) is 17.7 Å². The minimum absolute atomic E-state index is 0.192. The van der Waals surface area contributed by atoms with Gasteiger partial charge in [0.15, 0.2) is 0 Å². The van der Waals surface area contributed by atoms with Crippen molar-refractivity contribution in [3.63, 3.8) is 0 Å². The van der Waals surface area contributed by atoms with Gasteiger partial charge in [-0.25, -0.2) is 4.98 Å². The molecule has 4 heteroatoms. The Bertz CT molecular complexity index is 369. The van der Waals surface area contributed by atoms with Gasteiger partial charge in [0.2, 0.25) is 0 Å². The molecule has 88 valence electrons. The molecular weight excluding hydrogens is 204 g/mol. The molecule has 0 amide bonds. The summed E-state index contributed by atoms with van der Waals surface area (Å²) in [5.74, 6) is 1.28. The van der Waals surface area contributed by atoms with Crippen molar-refractivity contribution in [2.75, 3.05) is 13.2 Å². The van der Waals surface area contributed by atoms with Crippen molar-refractivity contribution in [2.24, 2.45) is 0 Å². The average molecular weight is 222 g/mol. The Labute approximate surface area is 95.3 Å². The first-order valence-corrected chi connectivity index (χ1v) is 6.18. The van der Waals surface area contributed by atoms with Crippen molar-refractivity contribution >= 4 is 0 Å². The fourth-order valence-corrected chi connectivity index (χ4v) is 2.73. The standard InChI is InChI=1S/C12H18N2O2/c15-8-9-3-1-5-14-7-10(13-12(9)14)11-4-2-6-16-11/h7,9,11,15H,1-6,8H2. The van der Waals surface area contributed by atoms with Crippen LogP contribution >= 0.6 is 0 Å². The fourth-order valence-electron chi connectivity index (χ4n) is 2.73. The van der Waals surface area contributed by atoms with Crippen LogP contribution in [0.5, 0.6) is 0 Å². The summed E-state index contributed by atoms with van der Waals surface area (Å²) in [5, 5.41) is 9.33. The molecule has 3 rings (SSSR count). The predicted molar refractivity (Wildman–Crippen MR) is 59.2 cm³/mol. The number of fused-ring (bicyclic) bond motifs is 1. The number of rotatable bonds is 2. The van der Waals surface area contributed by atoms with E-state index < -0.39 is 0 Å². The summed E-state index contributed by atoms with van der Waals surface area (Å²) in [5.41, 5.74) is 1.06. The number of aromatic nitrogens is 2. The van der Waals surface area contributed by atoms with Crippen LogP contribution in [0.25, 0.3) is 0 Å². The lowest BCUT2D eigenvalue weighted by Gasteiger charge is -2.21. The van der Waals surface area contributed by atoms with E-state index in [1.54, 1.807) is 0 Å². The molecular formula is C12H18N2O2. The quantitative estimate of drug-likeness (QED) is 0.827. The van der Waals surface area contributed by atoms with E-state index >= 15 is 0 Å². The van der Waals surface area contributed by atoms with E-state index in [4.69, 9.17) is 4.74 Å². The Morgan fingerprint density at radius 2 is 2.38 bits per heavy atom. The third-order valence-electron chi connectivity index (χ3n) is 3.62. The first kappa shape index (κ1) is 10.3. The van der Waals surface area contributed by atoms with Gasteiger partial charge in [0.25, 0.3) is 0 Å². The van der Waals surface area contributed by atoms with Crippen molar-refractivity contribution < 1.29 is 9.84 Å². The lowest BCUT2D eigenvalue weighted by molar-refractivity contribution is 0.109. The second-order valence-electron chi connectivity index (χ2n) is 4.74. The van der Waals surface area contributed by atoms with Gasteiger partial charge < -0.3 is 14.4 Å². The molecule has 1 aromatic rings. The molecule has 16 heavy (non-hydrogen) atoms. The zero-order valence-electron chi connectivity index (χ0n) is 9.43. The molecule has 2 atom stereocenters. The molecule has 2 aliphatic heterocycles. The Morgan fingerprint density at radius 1 is 1.44 bits per heavy atom. The van der Waals surface area contributed by atoms with Gasteiger partial charge in [-0.05, 0) is 25.7 Å². The van der Waals surface area contributed by atoms with Gasteiger partial charge in [-0.3, -0.25) is 0 Å². The molecule has 2 aliphatic rings. The van der Waals surface area contributed by atoms with Gasteiger partial charge in [-0.1, -0.05) is 0 Å². The molecule has 1 aromatic heterocycles. The molecule has 0 aromatic carbocycles. The van der Waals surface area contributed by atoms with E-state index in [9.17, 15) is 5.11 Å². The molecule has 0 radical (unpaired) electrons. The maximum absolute atomic E-state index is 9.33. The molecule has 0 aliphatic carbocycles. The minimum atomic E-state index is 0.192. The zero-order chi connectivity index (χ0) is 11.0. The van der Waals surface area contributed by atoms with Crippen molar-refractivity contribution in [1.82, 2.24) is 9.55 Å². The van der Waals surface area contributed by atoms with Crippen LogP contribution in [-0.4, -0.2) is 27.9 Å². The highest BCUT2D eigenvalue weighted by Gasteiger charge is 2.26. The number of hydrogen-bond acceptors (Lipinski definition) is 3. The molecule has 0 spiro atoms. The minimum Gasteiger partial charge on any atom is -0.396 e. The van der Waals surface area contributed by atoms with E-state index in [1.165, 1.54) is 0 Å². The number of aliphatic hydroxyl groups is 1. The number of ether oxygens (including phenoxy) is 1. The maximum Gasteiger partial charge on any atom is 0.114 e. The van der Waals surface area contributed by atoms with Crippen molar-refractivity contribution in [2.45, 2.75) is 44.2 Å². The Morgan fingerprint density at radius 3 is 3.12 bits per heavy atom. The molecule has 4 nitrogen and oxygen atoms in total. The van der Waals surface area contributed by atoms with Crippen LogP contribution in [0.1, 0.15) is 49.2 Å². The lowest BCUT2D eigenvalue weighted by Crippen LogP contribution is -2.18. The second kappa shape index (κ2) is 4.18. The zero-order valence-corrected chi connectivity index (χ0v) is 9.43. The highest BCUT2D eigenvalue weighted by molar-refractivity contribution is 5.13. The van der Waals surface area contributed by atoms with Crippen LogP contribution in [0.2, 0.25) is 0 Å². The number of hydrogen-bond donors (Lipinski definition) is 1. The summed E-state index contributed by atoms with van der Waals surface area (Å²) >= 11 is 0. The molecule has 3 heterocycles. The van der Waals surface area contributed by atoms with Gasteiger partial charge in [-0.15, -0.1) is 0 Å². The summed E-state index contributed by atoms with van der Waals surface area (Å²) in [6.07, 6.45) is 6.72. The van der Waals surface area contributed by atoms with Crippen LogP contribution in [0, 0.1) is 0 Å². The van der Waals surface area contributed by atoms with E-state index in [0.717, 1.165) is 50.4 Å². The van der Waals surface area contributed by atoms with Crippen LogP contribution < -0.4 is 0 Å². The van der Waals surface area contributed by atoms with E-state index in [0.29, 0.717) is 0 Å². The lowest BCUT2D eigenvalue weighted by atomic mass is 10.0. The van der Waals surface area contributed by atoms with Crippen LogP contribution in [-0.2, 0) is 11.3 Å². The molecule has 1 saturated heterocycles. The van der Waals surface area contributed by atoms with E-state index in [-0.39, 0.29) is 18.6 Å². The Hall–Kier alpha value is -0.870. The van der Waals surface area contributed by atoms with E-state index in [1.807, 2.05) is 0 Å². The smallest absolute Gasteiger partial charge is 0.114 e. The Kier molecular flexibility index (Phi) is 2.69. The number of aliphatic hydroxyl groups excluding tert-OH is 1. The predicted octanol–water partition coefficient (Wildman–Crippen LogP) is 1.60. The number of aryl methyl sites for hydroxylation is 1. The van der Waals surface area contributed by atoms with Gasteiger partial charge in [-0.2, -0.15) is 0 Å². The topological polar surface area (TPSA) is 47.3 Å². The summed E-state index contributed by atoms with van der Waals surface area (Å²) in [6.45, 7) is 2.10. The molecule has 1 fully saturated rings. The fraction of sp³-hybridized carbons (Fsp3) is 0.750. The van der Waals surface area contributed by atoms with Crippen LogP contribution in [0.15, 0.2) is 6.20 Å². The normalized spacial score (nSPS) is 29.3. The summed E-state index contributed by atoms with van der Waals surface area (Å²) in [7, 11) is 0. The SMILES string of the molecule is OCC1CCCn2cc(C3CCCO3)nc21. The van der Waals surface area contributed by atoms with Gasteiger partial charge in [0.05, 0.1) is 12.3 Å². The molecule has 0 bridgehead atoms. The third-order valence-corrected chi connectivity index (χ3v) is 3.62. The molecule has 2 unspecified atom stereocenters. The summed E-state index contributed by atoms with van der Waals surface area (Å²) in [6, 6.07) is 0. The second-order valence-corrected chi connectivity index (χ2v) is 4.74. The van der Waals surface area contributed by atoms with Crippen molar-refractivity contribution in [3.8, 4) is 0 Å². The molecule has 1 N–H and O–H groups in total. The maximum atomic E-state index is 9.33. The van der Waals surface area contributed by atoms with E-state index in [2.05, 4.69) is 15.7 Å². The third kappa shape index (κ3) is 1.66.